The van der Waals surface area contributed by atoms with Crippen LogP contribution in [-0.2, 0) is 9.59 Å². The molecule has 19 heavy (non-hydrogen) atoms. The maximum atomic E-state index is 11.3. The first-order chi connectivity index (χ1) is 8.81. The van der Waals surface area contributed by atoms with Crippen molar-refractivity contribution in [3.8, 4) is 0 Å². The Balaban J connectivity index is 3.26. The molecule has 1 aromatic rings. The van der Waals surface area contributed by atoms with E-state index in [2.05, 4.69) is 0 Å². The highest BCUT2D eigenvalue weighted by atomic mass is 16.2. The highest BCUT2D eigenvalue weighted by Gasteiger charge is 2.18. The predicted octanol–water partition coefficient (Wildman–Crippen LogP) is -1.86. The van der Waals surface area contributed by atoms with E-state index >= 15 is 0 Å². The number of nitrogens with zero attached hydrogens (tertiary/aromatic N) is 1. The molecule has 8 N–H and O–H groups in total. The van der Waals surface area contributed by atoms with Gasteiger partial charge in [-0.1, -0.05) is 0 Å². The molecule has 0 unspecified atom stereocenters. The second-order valence-corrected chi connectivity index (χ2v) is 3.93. The van der Waals surface area contributed by atoms with Crippen LogP contribution in [0, 0.1) is 0 Å². The first-order valence-electron chi connectivity index (χ1n) is 5.32. The van der Waals surface area contributed by atoms with Gasteiger partial charge in [-0.25, -0.2) is 0 Å². The third kappa shape index (κ3) is 3.87. The van der Waals surface area contributed by atoms with Crippen LogP contribution in [0.15, 0.2) is 18.2 Å². The lowest BCUT2D eigenvalue weighted by atomic mass is 10.1. The van der Waals surface area contributed by atoms with Crippen LogP contribution in [0.25, 0.3) is 0 Å². The van der Waals surface area contributed by atoms with Gasteiger partial charge in [0.1, 0.15) is 0 Å². The molecule has 0 bridgehead atoms. The number of nitrogen functional groups attached to an aromatic ring is 1. The Morgan fingerprint density at radius 3 is 1.95 bits per heavy atom. The lowest BCUT2D eigenvalue weighted by Gasteiger charge is -2.24. The molecule has 0 spiro atoms. The molecular weight excluding hydrogens is 250 g/mol. The molecule has 0 fully saturated rings. The van der Waals surface area contributed by atoms with Crippen LogP contribution in [-0.4, -0.2) is 30.8 Å². The number of amides is 3. The number of hydrogen-bond donors (Lipinski definition) is 4. The number of hydrogen-bond acceptors (Lipinski definition) is 5. The molecule has 0 aliphatic heterocycles. The standard InChI is InChI=1S/C11H15N5O3/c12-6-1-2-7(11(15)19)8(3-6)16(4-9(13)17)5-10(14)18/h1-3H,4-5,12H2,(H2,13,17)(H2,14,18)(H2,15,19). The van der Waals surface area contributed by atoms with Crippen molar-refractivity contribution in [3.05, 3.63) is 23.8 Å². The topological polar surface area (TPSA) is 159 Å². The summed E-state index contributed by atoms with van der Waals surface area (Å²) in [5.41, 5.74) is 21.7. The van der Waals surface area contributed by atoms with E-state index in [4.69, 9.17) is 22.9 Å². The third-order valence-electron chi connectivity index (χ3n) is 2.32. The molecule has 0 atom stereocenters. The number of rotatable bonds is 6. The summed E-state index contributed by atoms with van der Waals surface area (Å²) in [4.78, 5) is 34.6. The van der Waals surface area contributed by atoms with Gasteiger partial charge in [-0.3, -0.25) is 14.4 Å². The summed E-state index contributed by atoms with van der Waals surface area (Å²) < 4.78 is 0. The van der Waals surface area contributed by atoms with Gasteiger partial charge in [-0.05, 0) is 18.2 Å². The van der Waals surface area contributed by atoms with Crippen LogP contribution in [0.5, 0.6) is 0 Å². The van der Waals surface area contributed by atoms with E-state index in [9.17, 15) is 14.4 Å². The molecule has 102 valence electrons. The molecule has 0 aliphatic carbocycles. The summed E-state index contributed by atoms with van der Waals surface area (Å²) in [7, 11) is 0. The fourth-order valence-corrected chi connectivity index (χ4v) is 1.62. The van der Waals surface area contributed by atoms with Gasteiger partial charge in [0, 0.05) is 5.69 Å². The number of carbonyl (C=O) groups excluding carboxylic acids is 3. The summed E-state index contributed by atoms with van der Waals surface area (Å²) in [6, 6.07) is 4.31. The Morgan fingerprint density at radius 1 is 1.00 bits per heavy atom. The largest absolute Gasteiger partial charge is 0.399 e. The van der Waals surface area contributed by atoms with Crippen molar-refractivity contribution < 1.29 is 14.4 Å². The predicted molar refractivity (Wildman–Crippen MR) is 70.0 cm³/mol. The van der Waals surface area contributed by atoms with Gasteiger partial charge >= 0.3 is 0 Å². The zero-order valence-corrected chi connectivity index (χ0v) is 10.1. The SMILES string of the molecule is NC(=O)CN(CC(N)=O)c1cc(N)ccc1C(N)=O. The second kappa shape index (κ2) is 5.71. The third-order valence-corrected chi connectivity index (χ3v) is 2.32. The monoisotopic (exact) mass is 265 g/mol. The van der Waals surface area contributed by atoms with Gasteiger partial charge in [0.05, 0.1) is 24.3 Å². The summed E-state index contributed by atoms with van der Waals surface area (Å²) >= 11 is 0. The first kappa shape index (κ1) is 14.3. The Kier molecular flexibility index (Phi) is 4.30. The Labute approximate surface area is 109 Å². The Bertz CT molecular complexity index is 513. The molecule has 3 amide bonds. The zero-order valence-electron chi connectivity index (χ0n) is 10.1. The van der Waals surface area contributed by atoms with Crippen molar-refractivity contribution in [2.75, 3.05) is 23.7 Å². The normalized spacial score (nSPS) is 9.89. The Morgan fingerprint density at radius 2 is 1.53 bits per heavy atom. The van der Waals surface area contributed by atoms with Gasteiger partial charge in [0.15, 0.2) is 0 Å². The lowest BCUT2D eigenvalue weighted by Crippen LogP contribution is -2.40. The minimum absolute atomic E-state index is 0.122. The highest BCUT2D eigenvalue weighted by molar-refractivity contribution is 6.00. The number of primary amides is 3. The van der Waals surface area contributed by atoms with Gasteiger partial charge in [0.25, 0.3) is 5.91 Å². The summed E-state index contributed by atoms with van der Waals surface area (Å²) in [5.74, 6) is -2.08. The van der Waals surface area contributed by atoms with E-state index in [1.807, 2.05) is 0 Å². The fourth-order valence-electron chi connectivity index (χ4n) is 1.62. The molecule has 8 nitrogen and oxygen atoms in total. The molecule has 1 aromatic carbocycles. The van der Waals surface area contributed by atoms with Crippen LogP contribution in [0.4, 0.5) is 11.4 Å². The average molecular weight is 265 g/mol. The van der Waals surface area contributed by atoms with E-state index in [0.29, 0.717) is 5.69 Å². The highest BCUT2D eigenvalue weighted by Crippen LogP contribution is 2.23. The molecule has 8 heteroatoms. The smallest absolute Gasteiger partial charge is 0.250 e. The zero-order chi connectivity index (χ0) is 14.6. The second-order valence-electron chi connectivity index (χ2n) is 3.93. The number of nitrogens with two attached hydrogens (primary N) is 4. The van der Waals surface area contributed by atoms with Crippen molar-refractivity contribution in [2.45, 2.75) is 0 Å². The quantitative estimate of drug-likeness (QED) is 0.443. The van der Waals surface area contributed by atoms with Crippen molar-refractivity contribution in [1.82, 2.24) is 0 Å². The van der Waals surface area contributed by atoms with E-state index < -0.39 is 17.7 Å². The number of carbonyl (C=O) groups is 3. The van der Waals surface area contributed by atoms with E-state index in [1.165, 1.54) is 23.1 Å². The molecule has 0 radical (unpaired) electrons. The minimum atomic E-state index is -0.714. The minimum Gasteiger partial charge on any atom is -0.399 e. The van der Waals surface area contributed by atoms with Crippen molar-refractivity contribution in [3.63, 3.8) is 0 Å². The van der Waals surface area contributed by atoms with Crippen LogP contribution in [0.2, 0.25) is 0 Å². The molecule has 0 aliphatic rings. The number of benzene rings is 1. The summed E-state index contributed by atoms with van der Waals surface area (Å²) in [5, 5.41) is 0. The Hall–Kier alpha value is -2.77. The van der Waals surface area contributed by atoms with Crippen molar-refractivity contribution in [1.29, 1.82) is 0 Å². The van der Waals surface area contributed by atoms with E-state index in [1.54, 1.807) is 0 Å². The van der Waals surface area contributed by atoms with Gasteiger partial charge < -0.3 is 27.8 Å². The molecule has 1 rings (SSSR count). The van der Waals surface area contributed by atoms with Gasteiger partial charge in [-0.2, -0.15) is 0 Å². The maximum Gasteiger partial charge on any atom is 0.250 e. The van der Waals surface area contributed by atoms with E-state index in [-0.39, 0.29) is 24.3 Å². The van der Waals surface area contributed by atoms with Crippen LogP contribution < -0.4 is 27.8 Å². The average Bonchev–Trinajstić information content (AvgIpc) is 2.26. The lowest BCUT2D eigenvalue weighted by molar-refractivity contribution is -0.117. The molecular formula is C11H15N5O3. The maximum absolute atomic E-state index is 11.3. The molecule has 0 saturated heterocycles. The van der Waals surface area contributed by atoms with Gasteiger partial charge in [-0.15, -0.1) is 0 Å². The molecule has 0 aromatic heterocycles. The van der Waals surface area contributed by atoms with Gasteiger partial charge in [0.2, 0.25) is 11.8 Å². The first-order valence-corrected chi connectivity index (χ1v) is 5.32. The fraction of sp³-hybridized carbons (Fsp3) is 0.182. The van der Waals surface area contributed by atoms with Crippen molar-refractivity contribution in [2.24, 2.45) is 17.2 Å². The molecule has 0 heterocycles. The van der Waals surface area contributed by atoms with Crippen LogP contribution in [0.1, 0.15) is 10.4 Å². The summed E-state index contributed by atoms with van der Waals surface area (Å²) in [6.07, 6.45) is 0. The van der Waals surface area contributed by atoms with Crippen LogP contribution in [0.3, 0.4) is 0 Å². The van der Waals surface area contributed by atoms with E-state index in [0.717, 1.165) is 0 Å². The van der Waals surface area contributed by atoms with Crippen LogP contribution >= 0.6 is 0 Å². The summed E-state index contributed by atoms with van der Waals surface area (Å²) in [6.45, 7) is -0.570. The van der Waals surface area contributed by atoms with Crippen molar-refractivity contribution >= 4 is 29.1 Å². The molecule has 0 saturated carbocycles. The number of anilines is 2.